The third kappa shape index (κ3) is 4.17. The van der Waals surface area contributed by atoms with Gasteiger partial charge in [-0.25, -0.2) is 9.67 Å². The van der Waals surface area contributed by atoms with Crippen molar-refractivity contribution in [1.29, 1.82) is 0 Å². The summed E-state index contributed by atoms with van der Waals surface area (Å²) in [6, 6.07) is 18.5. The fourth-order valence-electron chi connectivity index (χ4n) is 4.06. The van der Waals surface area contributed by atoms with Crippen LogP contribution in [0.15, 0.2) is 80.6 Å². The maximum atomic E-state index is 11.8. The van der Waals surface area contributed by atoms with E-state index in [9.17, 15) is 10.1 Å². The summed E-state index contributed by atoms with van der Waals surface area (Å²) in [5.41, 5.74) is 4.56. The molecule has 0 saturated carbocycles. The molecule has 0 radical (unpaired) electrons. The normalized spacial score (nSPS) is 13.2. The van der Waals surface area contributed by atoms with Crippen LogP contribution in [0.1, 0.15) is 16.7 Å². The summed E-state index contributed by atoms with van der Waals surface area (Å²) >= 11 is 1.40. The van der Waals surface area contributed by atoms with Crippen LogP contribution in [-0.4, -0.2) is 22.6 Å². The van der Waals surface area contributed by atoms with E-state index in [0.717, 1.165) is 27.8 Å². The van der Waals surface area contributed by atoms with E-state index < -0.39 is 4.92 Å². The second-order valence-electron chi connectivity index (χ2n) is 8.46. The average molecular weight is 513 g/mol. The van der Waals surface area contributed by atoms with Gasteiger partial charge in [-0.15, -0.1) is 11.3 Å². The fourth-order valence-corrected chi connectivity index (χ4v) is 4.88. The number of furan rings is 1. The number of benzene rings is 3. The summed E-state index contributed by atoms with van der Waals surface area (Å²) in [6.45, 7) is 4.07. The van der Waals surface area contributed by atoms with Gasteiger partial charge in [-0.1, -0.05) is 30.3 Å². The van der Waals surface area contributed by atoms with Crippen LogP contribution in [0, 0.1) is 24.0 Å². The largest absolute Gasteiger partial charge is 0.454 e. The lowest BCUT2D eigenvalue weighted by molar-refractivity contribution is -0.385. The van der Waals surface area contributed by atoms with Gasteiger partial charge in [0.25, 0.3) is 5.69 Å². The number of aromatic nitrogens is 1. The van der Waals surface area contributed by atoms with Gasteiger partial charge in [0, 0.05) is 10.8 Å². The quantitative estimate of drug-likeness (QED) is 0.155. The van der Waals surface area contributed by atoms with E-state index in [0.29, 0.717) is 27.8 Å². The predicted octanol–water partition coefficient (Wildman–Crippen LogP) is 6.33. The van der Waals surface area contributed by atoms with E-state index in [1.807, 2.05) is 67.8 Å². The topological polar surface area (TPSA) is 104 Å². The van der Waals surface area contributed by atoms with Crippen molar-refractivity contribution in [3.63, 3.8) is 0 Å². The Kier molecular flexibility index (Phi) is 5.57. The maximum Gasteiger partial charge on any atom is 0.282 e. The second kappa shape index (κ2) is 9.07. The summed E-state index contributed by atoms with van der Waals surface area (Å²) in [5.74, 6) is 1.37. The number of thiazole rings is 1. The molecule has 6 rings (SSSR count). The Balaban J connectivity index is 1.53. The molecule has 37 heavy (non-hydrogen) atoms. The number of hydrogen-bond acceptors (Lipinski definition) is 8. The Morgan fingerprint density at radius 3 is 2.68 bits per heavy atom. The Hall–Kier alpha value is -4.70. The molecule has 3 aromatic carbocycles. The van der Waals surface area contributed by atoms with Crippen LogP contribution in [0.4, 0.5) is 11.4 Å². The van der Waals surface area contributed by atoms with Gasteiger partial charge in [0.1, 0.15) is 11.3 Å². The van der Waals surface area contributed by atoms with E-state index in [4.69, 9.17) is 18.9 Å². The molecule has 10 heteroatoms. The monoisotopic (exact) mass is 512 g/mol. The lowest BCUT2D eigenvalue weighted by Crippen LogP contribution is -2.12. The van der Waals surface area contributed by atoms with Gasteiger partial charge in [-0.2, -0.15) is 5.10 Å². The number of hydrogen-bond donors (Lipinski definition) is 0. The highest BCUT2D eigenvalue weighted by molar-refractivity contribution is 7.07. The molecular weight excluding hydrogens is 492 g/mol. The number of nitro benzene ring substituents is 1. The highest BCUT2D eigenvalue weighted by atomic mass is 32.1. The minimum atomic E-state index is -0.469. The fraction of sp³-hybridized carbons (Fsp3) is 0.111. The molecule has 9 nitrogen and oxygen atoms in total. The third-order valence-electron chi connectivity index (χ3n) is 6.19. The van der Waals surface area contributed by atoms with Crippen LogP contribution in [0.2, 0.25) is 0 Å². The lowest BCUT2D eigenvalue weighted by atomic mass is 10.1. The first-order valence-electron chi connectivity index (χ1n) is 11.4. The van der Waals surface area contributed by atoms with Gasteiger partial charge in [0.2, 0.25) is 11.6 Å². The van der Waals surface area contributed by atoms with Crippen LogP contribution < -0.4 is 14.3 Å². The Bertz CT molecular complexity index is 1750. The first-order valence-corrected chi connectivity index (χ1v) is 12.3. The molecule has 0 aliphatic carbocycles. The molecule has 0 N–H and O–H groups in total. The van der Waals surface area contributed by atoms with E-state index in [1.54, 1.807) is 10.7 Å². The Labute approximate surface area is 214 Å². The van der Waals surface area contributed by atoms with E-state index >= 15 is 0 Å². The molecule has 1 aliphatic heterocycles. The van der Waals surface area contributed by atoms with Crippen LogP contribution in [0.3, 0.4) is 0 Å². The van der Waals surface area contributed by atoms with Gasteiger partial charge in [0.15, 0.2) is 17.3 Å². The minimum Gasteiger partial charge on any atom is -0.454 e. The Morgan fingerprint density at radius 1 is 1.05 bits per heavy atom. The molecule has 0 amide bonds. The zero-order chi connectivity index (χ0) is 25.5. The molecule has 1 aliphatic rings. The molecule has 0 unspecified atom stereocenters. The molecular formula is C27H20N4O5S. The summed E-state index contributed by atoms with van der Waals surface area (Å²) in [6.07, 6.45) is 1.43. The molecule has 0 atom stereocenters. The van der Waals surface area contributed by atoms with Gasteiger partial charge >= 0.3 is 0 Å². The molecule has 3 heterocycles. The van der Waals surface area contributed by atoms with Crippen LogP contribution in [-0.2, 0) is 0 Å². The van der Waals surface area contributed by atoms with Gasteiger partial charge < -0.3 is 13.9 Å². The van der Waals surface area contributed by atoms with E-state index in [2.05, 4.69) is 5.10 Å². The SMILES string of the molecule is Cc1cccc(N=c2scc(-c3cc4ccccc4o3)n2N=Cc2cc3c(cc2[N+](=O)[O-])OCO3)c1C. The zero-order valence-corrected chi connectivity index (χ0v) is 20.7. The van der Waals surface area contributed by atoms with Gasteiger partial charge in [-0.3, -0.25) is 10.1 Å². The molecule has 5 aromatic rings. The van der Waals surface area contributed by atoms with Crippen molar-refractivity contribution in [3.05, 3.63) is 97.6 Å². The number of nitro groups is 1. The third-order valence-corrected chi connectivity index (χ3v) is 7.00. The van der Waals surface area contributed by atoms with Crippen molar-refractivity contribution >= 4 is 39.9 Å². The van der Waals surface area contributed by atoms with E-state index in [1.165, 1.54) is 23.6 Å². The number of rotatable bonds is 5. The van der Waals surface area contributed by atoms with Crippen molar-refractivity contribution in [2.75, 3.05) is 6.79 Å². The molecule has 184 valence electrons. The van der Waals surface area contributed by atoms with Gasteiger partial charge in [-0.05, 0) is 49.2 Å². The summed E-state index contributed by atoms with van der Waals surface area (Å²) in [4.78, 5) is 16.8. The summed E-state index contributed by atoms with van der Waals surface area (Å²) in [5, 5.41) is 19.3. The van der Waals surface area contributed by atoms with Crippen molar-refractivity contribution in [2.45, 2.75) is 13.8 Å². The number of aryl methyl sites for hydroxylation is 1. The van der Waals surface area contributed by atoms with Crippen molar-refractivity contribution in [3.8, 4) is 23.0 Å². The maximum absolute atomic E-state index is 11.8. The molecule has 0 fully saturated rings. The van der Waals surface area contributed by atoms with Gasteiger partial charge in [0.05, 0.1) is 28.5 Å². The zero-order valence-electron chi connectivity index (χ0n) is 19.9. The molecule has 2 aromatic heterocycles. The number of para-hydroxylation sites is 1. The Morgan fingerprint density at radius 2 is 1.86 bits per heavy atom. The van der Waals surface area contributed by atoms with Crippen LogP contribution in [0.5, 0.6) is 11.5 Å². The summed E-state index contributed by atoms with van der Waals surface area (Å²) < 4.78 is 18.5. The first kappa shape index (κ1) is 22.7. The standard InChI is InChI=1S/C27H20N4O5S/c1-16-6-5-8-20(17(16)2)29-27-30(22(14-37-27)24-10-18-7-3-4-9-23(18)36-24)28-13-19-11-25-26(35-15-34-25)12-21(19)31(32)33/h3-14H,15H2,1-2H3. The van der Waals surface area contributed by atoms with Crippen molar-refractivity contribution in [1.82, 2.24) is 4.68 Å². The smallest absolute Gasteiger partial charge is 0.282 e. The van der Waals surface area contributed by atoms with Crippen molar-refractivity contribution in [2.24, 2.45) is 10.1 Å². The minimum absolute atomic E-state index is 0.0153. The molecule has 0 saturated heterocycles. The van der Waals surface area contributed by atoms with Crippen molar-refractivity contribution < 1.29 is 18.8 Å². The number of ether oxygens (including phenoxy) is 2. The predicted molar refractivity (Wildman–Crippen MR) is 141 cm³/mol. The van der Waals surface area contributed by atoms with E-state index in [-0.39, 0.29) is 18.0 Å². The summed E-state index contributed by atoms with van der Waals surface area (Å²) in [7, 11) is 0. The lowest BCUT2D eigenvalue weighted by Gasteiger charge is -2.04. The molecule has 0 bridgehead atoms. The highest BCUT2D eigenvalue weighted by Gasteiger charge is 2.23. The number of fused-ring (bicyclic) bond motifs is 2. The van der Waals surface area contributed by atoms with Crippen LogP contribution in [0.25, 0.3) is 22.4 Å². The first-order chi connectivity index (χ1) is 18.0. The second-order valence-corrected chi connectivity index (χ2v) is 9.30. The number of nitrogens with zero attached hydrogens (tertiary/aromatic N) is 4. The average Bonchev–Trinajstić information content (AvgIpc) is 3.62. The van der Waals surface area contributed by atoms with Crippen LogP contribution >= 0.6 is 11.3 Å². The molecule has 0 spiro atoms. The highest BCUT2D eigenvalue weighted by Crippen LogP contribution is 2.37.